The maximum absolute atomic E-state index is 13.4. The van der Waals surface area contributed by atoms with Gasteiger partial charge in [-0.2, -0.15) is 0 Å². The molecule has 1 aliphatic carbocycles. The third kappa shape index (κ3) is 4.04. The first-order valence-electron chi connectivity index (χ1n) is 11.4. The van der Waals surface area contributed by atoms with E-state index in [1.165, 1.54) is 14.1 Å². The number of carbonyl (C=O) groups is 3. The molecule has 10 nitrogen and oxygen atoms in total. The molecule has 1 aliphatic heterocycles. The van der Waals surface area contributed by atoms with Crippen molar-refractivity contribution in [3.8, 4) is 0 Å². The van der Waals surface area contributed by atoms with Crippen molar-refractivity contribution >= 4 is 29.2 Å². The maximum atomic E-state index is 13.4. The van der Waals surface area contributed by atoms with E-state index in [-0.39, 0.29) is 11.7 Å². The molecule has 0 radical (unpaired) electrons. The van der Waals surface area contributed by atoms with Crippen LogP contribution in [0.25, 0.3) is 0 Å². The molecule has 2 heterocycles. The molecule has 0 saturated heterocycles. The average molecular weight is 469 g/mol. The number of amides is 1. The fourth-order valence-corrected chi connectivity index (χ4v) is 4.91. The van der Waals surface area contributed by atoms with Gasteiger partial charge in [0.2, 0.25) is 11.7 Å². The molecule has 180 valence electrons. The molecule has 34 heavy (non-hydrogen) atoms. The van der Waals surface area contributed by atoms with Gasteiger partial charge in [-0.15, -0.1) is 0 Å². The van der Waals surface area contributed by atoms with E-state index in [4.69, 9.17) is 10.5 Å². The van der Waals surface area contributed by atoms with Crippen LogP contribution < -0.4 is 21.9 Å². The molecule has 2 atom stereocenters. The first-order valence-corrected chi connectivity index (χ1v) is 11.4. The summed E-state index contributed by atoms with van der Waals surface area (Å²) < 4.78 is 7.04. The number of ether oxygens (including phenoxy) is 1. The summed E-state index contributed by atoms with van der Waals surface area (Å²) in [6, 6.07) is 7.73. The second kappa shape index (κ2) is 9.28. The van der Waals surface area contributed by atoms with Crippen LogP contribution in [0, 0.1) is 11.8 Å². The Balaban J connectivity index is 1.48. The van der Waals surface area contributed by atoms with Gasteiger partial charge in [0.25, 0.3) is 5.56 Å². The second-order valence-electron chi connectivity index (χ2n) is 8.86. The summed E-state index contributed by atoms with van der Waals surface area (Å²) in [5.74, 6) is -3.02. The van der Waals surface area contributed by atoms with Crippen LogP contribution >= 0.6 is 0 Å². The predicted octanol–water partition coefficient (Wildman–Crippen LogP) is 0.788. The lowest BCUT2D eigenvalue weighted by atomic mass is 9.78. The minimum absolute atomic E-state index is 0.103. The van der Waals surface area contributed by atoms with E-state index in [0.29, 0.717) is 19.4 Å². The Morgan fingerprint density at radius 2 is 1.71 bits per heavy atom. The summed E-state index contributed by atoms with van der Waals surface area (Å²) in [5.41, 5.74) is 5.88. The number of carbonyl (C=O) groups excluding carboxylic acids is 3. The number of aromatic nitrogens is 2. The highest BCUT2D eigenvalue weighted by Crippen LogP contribution is 2.36. The van der Waals surface area contributed by atoms with Gasteiger partial charge in [0.15, 0.2) is 6.61 Å². The monoisotopic (exact) mass is 468 g/mol. The van der Waals surface area contributed by atoms with E-state index in [2.05, 4.69) is 0 Å². The number of rotatable bonds is 5. The van der Waals surface area contributed by atoms with E-state index in [9.17, 15) is 24.0 Å². The SMILES string of the molecule is Cn1c(N)c(C(=O)COC(=O)C2CCCCC2C(=O)N2CCc3ccccc32)c(=O)n(C)c1=O. The summed E-state index contributed by atoms with van der Waals surface area (Å²) in [6.45, 7) is -0.120. The Morgan fingerprint density at radius 1 is 1.03 bits per heavy atom. The number of hydrogen-bond acceptors (Lipinski definition) is 7. The Morgan fingerprint density at radius 3 is 2.44 bits per heavy atom. The molecule has 4 rings (SSSR count). The topological polar surface area (TPSA) is 134 Å². The zero-order chi connectivity index (χ0) is 24.6. The van der Waals surface area contributed by atoms with Crippen LogP contribution in [0.2, 0.25) is 0 Å². The Bertz CT molecular complexity index is 1280. The van der Waals surface area contributed by atoms with Crippen molar-refractivity contribution in [2.45, 2.75) is 32.1 Å². The largest absolute Gasteiger partial charge is 0.457 e. The van der Waals surface area contributed by atoms with Gasteiger partial charge in [-0.1, -0.05) is 31.0 Å². The van der Waals surface area contributed by atoms with Gasteiger partial charge < -0.3 is 15.4 Å². The Labute approximate surface area is 195 Å². The first-order chi connectivity index (χ1) is 16.2. The molecule has 1 amide bonds. The Hall–Kier alpha value is -3.69. The minimum atomic E-state index is -0.847. The molecule has 2 aliphatic rings. The standard InChI is InChI=1S/C24H28N4O6/c1-26-20(25)19(22(31)27(2)24(26)33)18(29)13-34-23(32)16-9-5-4-8-15(16)21(30)28-12-11-14-7-3-6-10-17(14)28/h3,6-7,10,15-16H,4-5,8-9,11-13,25H2,1-2H3. The number of nitrogen functional groups attached to an aromatic ring is 1. The van der Waals surface area contributed by atoms with E-state index < -0.39 is 47.0 Å². The van der Waals surface area contributed by atoms with Gasteiger partial charge in [-0.25, -0.2) is 4.79 Å². The third-order valence-electron chi connectivity index (χ3n) is 6.87. The summed E-state index contributed by atoms with van der Waals surface area (Å²) in [5, 5.41) is 0. The molecule has 2 N–H and O–H groups in total. The van der Waals surface area contributed by atoms with E-state index in [1.54, 1.807) is 4.90 Å². The van der Waals surface area contributed by atoms with Crippen molar-refractivity contribution < 1.29 is 19.1 Å². The summed E-state index contributed by atoms with van der Waals surface area (Å²) in [6.07, 6.45) is 3.44. The second-order valence-corrected chi connectivity index (χ2v) is 8.86. The maximum Gasteiger partial charge on any atom is 0.332 e. The zero-order valence-corrected chi connectivity index (χ0v) is 19.3. The fourth-order valence-electron chi connectivity index (χ4n) is 4.91. The first kappa shape index (κ1) is 23.5. The van der Waals surface area contributed by atoms with Crippen molar-refractivity contribution in [1.29, 1.82) is 0 Å². The number of anilines is 2. The van der Waals surface area contributed by atoms with E-state index in [0.717, 1.165) is 39.6 Å². The minimum Gasteiger partial charge on any atom is -0.457 e. The third-order valence-corrected chi connectivity index (χ3v) is 6.87. The van der Waals surface area contributed by atoms with Gasteiger partial charge in [0.05, 0.1) is 11.8 Å². The van der Waals surface area contributed by atoms with Gasteiger partial charge in [0.1, 0.15) is 11.4 Å². The molecule has 1 fully saturated rings. The quantitative estimate of drug-likeness (QED) is 0.506. The molecular formula is C24H28N4O6. The number of fused-ring (bicyclic) bond motifs is 1. The van der Waals surface area contributed by atoms with Gasteiger partial charge in [-0.3, -0.25) is 28.3 Å². The van der Waals surface area contributed by atoms with Crippen LogP contribution in [0.3, 0.4) is 0 Å². The smallest absolute Gasteiger partial charge is 0.332 e. The predicted molar refractivity (Wildman–Crippen MR) is 125 cm³/mol. The van der Waals surface area contributed by atoms with Crippen molar-refractivity contribution in [3.05, 3.63) is 56.2 Å². The lowest BCUT2D eigenvalue weighted by Gasteiger charge is -2.32. The van der Waals surface area contributed by atoms with Crippen molar-refractivity contribution in [1.82, 2.24) is 9.13 Å². The number of Topliss-reactive ketones (excluding diaryl/α,β-unsaturated/α-hetero) is 1. The van der Waals surface area contributed by atoms with Crippen LogP contribution in [0.5, 0.6) is 0 Å². The van der Waals surface area contributed by atoms with Crippen LogP contribution in [-0.2, 0) is 34.8 Å². The van der Waals surface area contributed by atoms with Crippen LogP contribution in [0.15, 0.2) is 33.9 Å². The molecule has 1 saturated carbocycles. The van der Waals surface area contributed by atoms with Crippen LogP contribution in [0.4, 0.5) is 11.5 Å². The van der Waals surface area contributed by atoms with E-state index >= 15 is 0 Å². The summed E-state index contributed by atoms with van der Waals surface area (Å²) in [4.78, 5) is 65.1. The molecule has 1 aromatic carbocycles. The molecule has 0 spiro atoms. The van der Waals surface area contributed by atoms with Crippen molar-refractivity contribution in [3.63, 3.8) is 0 Å². The molecule has 0 bridgehead atoms. The number of nitrogens with zero attached hydrogens (tertiary/aromatic N) is 3. The van der Waals surface area contributed by atoms with Gasteiger partial charge >= 0.3 is 11.7 Å². The van der Waals surface area contributed by atoms with Gasteiger partial charge in [-0.05, 0) is 30.9 Å². The Kier molecular flexibility index (Phi) is 6.41. The van der Waals surface area contributed by atoms with Crippen LogP contribution in [-0.4, -0.2) is 39.9 Å². The molecule has 2 aromatic rings. The molecular weight excluding hydrogens is 440 g/mol. The highest BCUT2D eigenvalue weighted by Gasteiger charge is 2.40. The normalized spacial score (nSPS) is 19.5. The number of para-hydroxylation sites is 1. The van der Waals surface area contributed by atoms with Crippen LogP contribution in [0.1, 0.15) is 41.6 Å². The highest BCUT2D eigenvalue weighted by molar-refractivity contribution is 6.02. The molecule has 2 unspecified atom stereocenters. The molecule has 10 heteroatoms. The lowest BCUT2D eigenvalue weighted by Crippen LogP contribution is -2.43. The number of ketones is 1. The lowest BCUT2D eigenvalue weighted by molar-refractivity contribution is -0.153. The van der Waals surface area contributed by atoms with Gasteiger partial charge in [0, 0.05) is 26.3 Å². The number of nitrogens with two attached hydrogens (primary N) is 1. The number of esters is 1. The average Bonchev–Trinajstić information content (AvgIpc) is 3.28. The van der Waals surface area contributed by atoms with E-state index in [1.807, 2.05) is 24.3 Å². The highest BCUT2D eigenvalue weighted by atomic mass is 16.5. The summed E-state index contributed by atoms with van der Waals surface area (Å²) >= 11 is 0. The zero-order valence-electron chi connectivity index (χ0n) is 19.3. The number of hydrogen-bond donors (Lipinski definition) is 1. The summed E-state index contributed by atoms with van der Waals surface area (Å²) in [7, 11) is 2.58. The van der Waals surface area contributed by atoms with Crippen molar-refractivity contribution in [2.24, 2.45) is 25.9 Å². The number of benzene rings is 1. The van der Waals surface area contributed by atoms with Crippen molar-refractivity contribution in [2.75, 3.05) is 23.8 Å². The molecule has 1 aromatic heterocycles. The fraction of sp³-hybridized carbons (Fsp3) is 0.458.